The molecule has 0 aliphatic heterocycles. The maximum Gasteiger partial charge on any atom is 0.0543 e. The summed E-state index contributed by atoms with van der Waals surface area (Å²) in [5, 5.41) is 12.8. The van der Waals surface area contributed by atoms with Crippen molar-refractivity contribution in [2.45, 2.75) is 44.2 Å². The summed E-state index contributed by atoms with van der Waals surface area (Å²) in [6, 6.07) is 0.827. The summed E-state index contributed by atoms with van der Waals surface area (Å²) < 4.78 is 0. The highest BCUT2D eigenvalue weighted by molar-refractivity contribution is 4.84. The van der Waals surface area contributed by atoms with Crippen molar-refractivity contribution in [3.05, 3.63) is 0 Å². The molecule has 2 rings (SSSR count). The zero-order chi connectivity index (χ0) is 7.68. The van der Waals surface area contributed by atoms with Gasteiger partial charge in [-0.05, 0) is 44.6 Å². The van der Waals surface area contributed by atoms with Crippen LogP contribution < -0.4 is 5.32 Å². The Morgan fingerprint density at radius 3 is 2.55 bits per heavy atom. The van der Waals surface area contributed by atoms with Crippen LogP contribution in [-0.2, 0) is 0 Å². The first kappa shape index (κ1) is 7.56. The first-order valence-electron chi connectivity index (χ1n) is 4.76. The van der Waals surface area contributed by atoms with Gasteiger partial charge in [0.15, 0.2) is 0 Å². The molecule has 2 saturated carbocycles. The Morgan fingerprint density at radius 1 is 1.18 bits per heavy atom. The predicted octanol–water partition coefficient (Wildman–Crippen LogP) is 0.899. The summed E-state index contributed by atoms with van der Waals surface area (Å²) in [7, 11) is 0. The fraction of sp³-hybridized carbons (Fsp3) is 1.00. The molecule has 2 unspecified atom stereocenters. The lowest BCUT2D eigenvalue weighted by Crippen LogP contribution is -2.23. The summed E-state index contributed by atoms with van der Waals surface area (Å²) in [6.45, 7) is 1.14. The molecule has 0 aromatic carbocycles. The molecule has 0 saturated heterocycles. The summed E-state index contributed by atoms with van der Waals surface area (Å²) in [5.41, 5.74) is 0. The van der Waals surface area contributed by atoms with Crippen LogP contribution >= 0.6 is 0 Å². The van der Waals surface area contributed by atoms with Gasteiger partial charge in [0.2, 0.25) is 0 Å². The Morgan fingerprint density at radius 2 is 2.00 bits per heavy atom. The van der Waals surface area contributed by atoms with Crippen LogP contribution in [0.1, 0.15) is 32.1 Å². The van der Waals surface area contributed by atoms with Crippen molar-refractivity contribution in [3.63, 3.8) is 0 Å². The first-order valence-corrected chi connectivity index (χ1v) is 4.76. The predicted molar refractivity (Wildman–Crippen MR) is 44.4 cm³/mol. The van der Waals surface area contributed by atoms with E-state index in [1.54, 1.807) is 0 Å². The topological polar surface area (TPSA) is 32.3 Å². The SMILES string of the molecule is OC1CCC(CNC2CC2)C1. The van der Waals surface area contributed by atoms with Crippen molar-refractivity contribution in [1.29, 1.82) is 0 Å². The van der Waals surface area contributed by atoms with E-state index in [1.165, 1.54) is 19.3 Å². The zero-order valence-corrected chi connectivity index (χ0v) is 6.92. The number of aliphatic hydroxyl groups excluding tert-OH is 1. The Hall–Kier alpha value is -0.0800. The smallest absolute Gasteiger partial charge is 0.0543 e. The van der Waals surface area contributed by atoms with Crippen molar-refractivity contribution < 1.29 is 5.11 Å². The van der Waals surface area contributed by atoms with E-state index >= 15 is 0 Å². The van der Waals surface area contributed by atoms with Crippen LogP contribution in [-0.4, -0.2) is 23.8 Å². The van der Waals surface area contributed by atoms with Gasteiger partial charge in [0, 0.05) is 6.04 Å². The minimum absolute atomic E-state index is 0.000929. The van der Waals surface area contributed by atoms with E-state index in [0.29, 0.717) is 0 Å². The van der Waals surface area contributed by atoms with Gasteiger partial charge >= 0.3 is 0 Å². The van der Waals surface area contributed by atoms with Gasteiger partial charge in [0.25, 0.3) is 0 Å². The number of rotatable bonds is 3. The third-order valence-electron chi connectivity index (χ3n) is 2.79. The molecule has 2 N–H and O–H groups in total. The minimum Gasteiger partial charge on any atom is -0.393 e. The summed E-state index contributed by atoms with van der Waals surface area (Å²) in [4.78, 5) is 0. The second-order valence-corrected chi connectivity index (χ2v) is 4.02. The molecule has 2 fully saturated rings. The van der Waals surface area contributed by atoms with E-state index in [0.717, 1.165) is 31.3 Å². The Kier molecular flexibility index (Phi) is 2.14. The van der Waals surface area contributed by atoms with Crippen molar-refractivity contribution in [3.8, 4) is 0 Å². The normalized spacial score (nSPS) is 37.9. The summed E-state index contributed by atoms with van der Waals surface area (Å²) >= 11 is 0. The molecule has 0 aromatic rings. The van der Waals surface area contributed by atoms with Crippen LogP contribution in [0.5, 0.6) is 0 Å². The van der Waals surface area contributed by atoms with Crippen LogP contribution in [0.25, 0.3) is 0 Å². The standard InChI is InChI=1S/C9H17NO/c11-9-4-1-7(5-9)6-10-8-2-3-8/h7-11H,1-6H2. The minimum atomic E-state index is 0.000929. The fourth-order valence-corrected chi connectivity index (χ4v) is 1.85. The highest BCUT2D eigenvalue weighted by Gasteiger charge is 2.26. The third kappa shape index (κ3) is 2.17. The Balaban J connectivity index is 1.62. The van der Waals surface area contributed by atoms with Crippen molar-refractivity contribution >= 4 is 0 Å². The van der Waals surface area contributed by atoms with Crippen LogP contribution in [0.2, 0.25) is 0 Å². The fourth-order valence-electron chi connectivity index (χ4n) is 1.85. The molecule has 2 aliphatic rings. The van der Waals surface area contributed by atoms with E-state index in [1.807, 2.05) is 0 Å². The highest BCUT2D eigenvalue weighted by Crippen LogP contribution is 2.26. The first-order chi connectivity index (χ1) is 5.34. The van der Waals surface area contributed by atoms with Gasteiger partial charge in [0.05, 0.1) is 6.10 Å². The van der Waals surface area contributed by atoms with Crippen molar-refractivity contribution in [2.75, 3.05) is 6.54 Å². The molecule has 0 radical (unpaired) electrons. The number of hydrogen-bond acceptors (Lipinski definition) is 2. The van der Waals surface area contributed by atoms with Crippen LogP contribution in [0.3, 0.4) is 0 Å². The Labute approximate surface area is 68.0 Å². The molecule has 0 heterocycles. The maximum absolute atomic E-state index is 9.25. The van der Waals surface area contributed by atoms with Gasteiger partial charge < -0.3 is 10.4 Å². The van der Waals surface area contributed by atoms with Crippen molar-refractivity contribution in [2.24, 2.45) is 5.92 Å². The lowest BCUT2D eigenvalue weighted by molar-refractivity contribution is 0.177. The van der Waals surface area contributed by atoms with E-state index in [4.69, 9.17) is 0 Å². The molecular formula is C9H17NO. The molecule has 0 aromatic heterocycles. The number of nitrogens with one attached hydrogen (secondary N) is 1. The molecule has 0 bridgehead atoms. The number of hydrogen-bond donors (Lipinski definition) is 2. The van der Waals surface area contributed by atoms with Crippen LogP contribution in [0.4, 0.5) is 0 Å². The van der Waals surface area contributed by atoms with Gasteiger partial charge in [-0.3, -0.25) is 0 Å². The molecular weight excluding hydrogens is 138 g/mol. The van der Waals surface area contributed by atoms with Gasteiger partial charge in [0.1, 0.15) is 0 Å². The number of aliphatic hydroxyl groups is 1. The van der Waals surface area contributed by atoms with Gasteiger partial charge in [-0.15, -0.1) is 0 Å². The van der Waals surface area contributed by atoms with E-state index in [-0.39, 0.29) is 6.10 Å². The largest absolute Gasteiger partial charge is 0.393 e. The molecule has 2 aliphatic carbocycles. The Bertz CT molecular complexity index is 134. The maximum atomic E-state index is 9.25. The molecule has 2 nitrogen and oxygen atoms in total. The van der Waals surface area contributed by atoms with Crippen LogP contribution in [0.15, 0.2) is 0 Å². The second-order valence-electron chi connectivity index (χ2n) is 4.02. The highest BCUT2D eigenvalue weighted by atomic mass is 16.3. The molecule has 0 amide bonds. The lowest BCUT2D eigenvalue weighted by Gasteiger charge is -2.09. The molecule has 2 heteroatoms. The summed E-state index contributed by atoms with van der Waals surface area (Å²) in [5.74, 6) is 0.755. The lowest BCUT2D eigenvalue weighted by atomic mass is 10.1. The average Bonchev–Trinajstić information content (AvgIpc) is 2.72. The van der Waals surface area contributed by atoms with Crippen LogP contribution in [0, 0.1) is 5.92 Å². The van der Waals surface area contributed by atoms with Gasteiger partial charge in [-0.2, -0.15) is 0 Å². The third-order valence-corrected chi connectivity index (χ3v) is 2.79. The van der Waals surface area contributed by atoms with Crippen molar-refractivity contribution in [1.82, 2.24) is 5.32 Å². The molecule has 2 atom stereocenters. The molecule has 0 spiro atoms. The van der Waals surface area contributed by atoms with Gasteiger partial charge in [-0.1, -0.05) is 0 Å². The molecule has 64 valence electrons. The van der Waals surface area contributed by atoms with E-state index in [2.05, 4.69) is 5.32 Å². The average molecular weight is 155 g/mol. The summed E-state index contributed by atoms with van der Waals surface area (Å²) in [6.07, 6.45) is 6.02. The quantitative estimate of drug-likeness (QED) is 0.634. The zero-order valence-electron chi connectivity index (χ0n) is 6.92. The second kappa shape index (κ2) is 3.11. The van der Waals surface area contributed by atoms with E-state index in [9.17, 15) is 5.11 Å². The molecule has 11 heavy (non-hydrogen) atoms. The van der Waals surface area contributed by atoms with E-state index < -0.39 is 0 Å². The monoisotopic (exact) mass is 155 g/mol. The van der Waals surface area contributed by atoms with Gasteiger partial charge in [-0.25, -0.2) is 0 Å².